The lowest BCUT2D eigenvalue weighted by Gasteiger charge is -2.50. The molecule has 5 aliphatic carbocycles. The number of amides is 1. The number of nitrogens with two attached hydrogens (primary N) is 1. The summed E-state index contributed by atoms with van der Waals surface area (Å²) in [5, 5.41) is 48.4. The lowest BCUT2D eigenvalue weighted by atomic mass is 9.58. The average Bonchev–Trinajstić information content (AvgIpc) is 2.96. The minimum absolute atomic E-state index is 0.0257. The number of Topliss-reactive ketones (excluding diaryl/α,β-unsaturated/α-hetero) is 2. The monoisotopic (exact) mass is 661 g/mol. The number of phenolic OH excluding ortho intramolecular Hbond substituents is 1. The number of nitrogens with zero attached hydrogens (tertiary/aromatic N) is 1. The summed E-state index contributed by atoms with van der Waals surface area (Å²) in [6, 6.07) is -0.284. The van der Waals surface area contributed by atoms with Gasteiger partial charge in [-0.3, -0.25) is 19.3 Å². The first-order chi connectivity index (χ1) is 22.0. The van der Waals surface area contributed by atoms with Crippen LogP contribution in [0.3, 0.4) is 0 Å². The highest BCUT2D eigenvalue weighted by Gasteiger charge is 2.63. The highest BCUT2D eigenvalue weighted by atomic mass is 19.4. The van der Waals surface area contributed by atoms with Crippen LogP contribution >= 0.6 is 0 Å². The minimum atomic E-state index is -4.89. The molecule has 0 aliphatic heterocycles. The fraction of sp³-hybridized carbons (Fsp3) is 0.618. The number of alkyl halides is 3. The molecule has 6 atom stereocenters. The van der Waals surface area contributed by atoms with Crippen molar-refractivity contribution < 1.29 is 48.0 Å². The minimum Gasteiger partial charge on any atom is -0.510 e. The van der Waals surface area contributed by atoms with E-state index in [0.717, 1.165) is 44.6 Å². The van der Waals surface area contributed by atoms with Gasteiger partial charge in [0, 0.05) is 24.1 Å². The van der Waals surface area contributed by atoms with Gasteiger partial charge in [0.2, 0.25) is 5.78 Å². The van der Waals surface area contributed by atoms with Gasteiger partial charge in [-0.25, -0.2) is 0 Å². The van der Waals surface area contributed by atoms with E-state index < -0.39 is 98.7 Å². The second-order valence-electron chi connectivity index (χ2n) is 14.5. The number of aromatic hydroxyl groups is 1. The number of ketones is 2. The maximum Gasteiger partial charge on any atom is 0.417 e. The first kappa shape index (κ1) is 33.5. The number of benzene rings is 1. The molecule has 2 saturated carbocycles. The summed E-state index contributed by atoms with van der Waals surface area (Å²) in [6.07, 6.45) is 0.630. The normalized spacial score (nSPS) is 33.9. The molecule has 2 unspecified atom stereocenters. The predicted molar refractivity (Wildman–Crippen MR) is 163 cm³/mol. The molecule has 7 N–H and O–H groups in total. The van der Waals surface area contributed by atoms with Crippen LogP contribution in [0.25, 0.3) is 0 Å². The molecule has 47 heavy (non-hydrogen) atoms. The summed E-state index contributed by atoms with van der Waals surface area (Å²) in [7, 11) is 2.96. The molecule has 6 rings (SSSR count). The Morgan fingerprint density at radius 1 is 1.06 bits per heavy atom. The largest absolute Gasteiger partial charge is 0.510 e. The van der Waals surface area contributed by atoms with E-state index in [2.05, 4.69) is 12.2 Å². The molecule has 10 nitrogen and oxygen atoms in total. The molecule has 0 heterocycles. The van der Waals surface area contributed by atoms with Crippen LogP contribution in [-0.2, 0) is 28.7 Å². The summed E-state index contributed by atoms with van der Waals surface area (Å²) in [4.78, 5) is 40.9. The molecule has 1 amide bonds. The zero-order valence-corrected chi connectivity index (χ0v) is 26.7. The molecular formula is C34H42F3N3O7. The lowest BCUT2D eigenvalue weighted by Crippen LogP contribution is -2.63. The number of aliphatic hydroxyl groups is 3. The molecule has 0 radical (unpaired) electrons. The second kappa shape index (κ2) is 11.6. The van der Waals surface area contributed by atoms with Crippen molar-refractivity contribution in [3.63, 3.8) is 0 Å². The van der Waals surface area contributed by atoms with Crippen LogP contribution in [-0.4, -0.2) is 74.6 Å². The smallest absolute Gasteiger partial charge is 0.417 e. The van der Waals surface area contributed by atoms with Crippen molar-refractivity contribution in [2.24, 2.45) is 35.3 Å². The third kappa shape index (κ3) is 5.25. The number of primary amides is 1. The molecular weight excluding hydrogens is 619 g/mol. The molecule has 1 aromatic rings. The summed E-state index contributed by atoms with van der Waals surface area (Å²) < 4.78 is 44.7. The molecule has 2 bridgehead atoms. The van der Waals surface area contributed by atoms with Gasteiger partial charge in [-0.05, 0) is 99.9 Å². The van der Waals surface area contributed by atoms with E-state index in [0.29, 0.717) is 17.8 Å². The highest BCUT2D eigenvalue weighted by Crippen LogP contribution is 2.54. The van der Waals surface area contributed by atoms with E-state index in [-0.39, 0.29) is 24.6 Å². The van der Waals surface area contributed by atoms with Crippen molar-refractivity contribution in [3.05, 3.63) is 51.0 Å². The first-order valence-electron chi connectivity index (χ1n) is 16.3. The van der Waals surface area contributed by atoms with Gasteiger partial charge in [-0.15, -0.1) is 0 Å². The van der Waals surface area contributed by atoms with Gasteiger partial charge in [-0.2, -0.15) is 13.2 Å². The third-order valence-electron chi connectivity index (χ3n) is 11.5. The number of phenols is 1. The number of rotatable bonds is 6. The van der Waals surface area contributed by atoms with E-state index in [1.807, 2.05) is 0 Å². The van der Waals surface area contributed by atoms with Crippen LogP contribution in [0.15, 0.2) is 28.7 Å². The van der Waals surface area contributed by atoms with E-state index >= 15 is 0 Å². The zero-order valence-electron chi connectivity index (χ0n) is 26.7. The van der Waals surface area contributed by atoms with Crippen LogP contribution in [0.4, 0.5) is 13.2 Å². The Balaban J connectivity index is 1.39. The van der Waals surface area contributed by atoms with Gasteiger partial charge in [-0.1, -0.05) is 13.3 Å². The number of carbonyl (C=O) groups is 3. The first-order valence-corrected chi connectivity index (χ1v) is 16.3. The van der Waals surface area contributed by atoms with Gasteiger partial charge < -0.3 is 31.5 Å². The van der Waals surface area contributed by atoms with Crippen molar-refractivity contribution >= 4 is 17.5 Å². The molecule has 0 saturated heterocycles. The highest BCUT2D eigenvalue weighted by molar-refractivity contribution is 6.24. The Morgan fingerprint density at radius 3 is 2.26 bits per heavy atom. The summed E-state index contributed by atoms with van der Waals surface area (Å²) in [5.74, 6) is -7.20. The zero-order chi connectivity index (χ0) is 34.3. The Bertz CT molecular complexity index is 1590. The molecule has 13 heteroatoms. The van der Waals surface area contributed by atoms with E-state index in [9.17, 15) is 48.0 Å². The van der Waals surface area contributed by atoms with Crippen molar-refractivity contribution in [3.8, 4) is 5.75 Å². The standard InChI is InChI=1S/C34H42F3N3O7/c1-4-14-5-15-7-16(6-14)9-19(8-15)39-13-18-12-22(41)24-20(26(18)34(35,36)37)10-17-11-21-27(40(2)3)29(43)25(32(38)46)31(45)33(21,47)30(44)23(17)28(24)42/h12,14-17,19,21,27,39,41,43-44,47H,4-11,13H2,1-3H3,(H2,38,46)/t14?,15?,16?,17-,19?,21-,27-,33-/m0/s1. The molecule has 0 spiro atoms. The van der Waals surface area contributed by atoms with Crippen LogP contribution in [0.2, 0.25) is 0 Å². The predicted octanol–water partition coefficient (Wildman–Crippen LogP) is 3.83. The molecule has 0 aromatic heterocycles. The molecule has 256 valence electrons. The third-order valence-corrected chi connectivity index (χ3v) is 11.5. The number of carbonyl (C=O) groups excluding carboxylic acids is 3. The average molecular weight is 662 g/mol. The van der Waals surface area contributed by atoms with Crippen molar-refractivity contribution in [2.75, 3.05) is 14.1 Å². The molecule has 1 aromatic carbocycles. The summed E-state index contributed by atoms with van der Waals surface area (Å²) in [5.41, 5.74) is -1.28. The number of fused-ring (bicyclic) bond motifs is 5. The SMILES string of the molecule is CCC1CC2CC(C1)CC(NCc1cc(O)c3c(c1C(F)(F)F)C[C@H]1C[C@H]4[C@H](N(C)C)C(O)=C(C(N)=O)C(=O)[C@@]4(O)C(O)=C1C3=O)C2. The fourth-order valence-corrected chi connectivity index (χ4v) is 9.63. The Morgan fingerprint density at radius 2 is 1.70 bits per heavy atom. The maximum absolute atomic E-state index is 14.9. The number of allylic oxidation sites excluding steroid dienone is 1. The van der Waals surface area contributed by atoms with Crippen LogP contribution in [0.5, 0.6) is 5.75 Å². The number of aliphatic hydroxyl groups excluding tert-OH is 2. The number of hydrogen-bond donors (Lipinski definition) is 6. The molecule has 5 aliphatic rings. The van der Waals surface area contributed by atoms with Crippen LogP contribution in [0, 0.1) is 29.6 Å². The van der Waals surface area contributed by atoms with Crippen molar-refractivity contribution in [2.45, 2.75) is 88.7 Å². The maximum atomic E-state index is 14.9. The van der Waals surface area contributed by atoms with Crippen molar-refractivity contribution in [1.29, 1.82) is 0 Å². The van der Waals surface area contributed by atoms with Gasteiger partial charge in [0.25, 0.3) is 5.91 Å². The second-order valence-corrected chi connectivity index (χ2v) is 14.5. The number of hydrogen-bond acceptors (Lipinski definition) is 9. The van der Waals surface area contributed by atoms with E-state index in [1.165, 1.54) is 19.0 Å². The number of likely N-dealkylation sites (N-methyl/N-ethyl adjacent to an activating group) is 1. The fourth-order valence-electron chi connectivity index (χ4n) is 9.63. The van der Waals surface area contributed by atoms with Gasteiger partial charge in [0.05, 0.1) is 17.2 Å². The topological polar surface area (TPSA) is 173 Å². The molecule has 2 fully saturated rings. The van der Waals surface area contributed by atoms with Crippen LogP contribution < -0.4 is 11.1 Å². The quantitative estimate of drug-likeness (QED) is 0.248. The van der Waals surface area contributed by atoms with Gasteiger partial charge >= 0.3 is 6.18 Å². The lowest BCUT2D eigenvalue weighted by molar-refractivity contribution is -0.148. The number of halogens is 3. The van der Waals surface area contributed by atoms with Gasteiger partial charge in [0.1, 0.15) is 22.8 Å². The number of nitrogens with one attached hydrogen (secondary N) is 1. The Labute approximate surface area is 270 Å². The summed E-state index contributed by atoms with van der Waals surface area (Å²) in [6.45, 7) is 2.02. The Kier molecular flexibility index (Phi) is 8.28. The van der Waals surface area contributed by atoms with Crippen molar-refractivity contribution in [1.82, 2.24) is 10.2 Å². The Hall–Kier alpha value is -3.42. The van der Waals surface area contributed by atoms with E-state index in [4.69, 9.17) is 5.73 Å². The van der Waals surface area contributed by atoms with Gasteiger partial charge in [0.15, 0.2) is 11.4 Å². The summed E-state index contributed by atoms with van der Waals surface area (Å²) >= 11 is 0. The van der Waals surface area contributed by atoms with E-state index in [1.54, 1.807) is 0 Å². The van der Waals surface area contributed by atoms with Crippen LogP contribution in [0.1, 0.15) is 78.9 Å².